The van der Waals surface area contributed by atoms with Crippen molar-refractivity contribution in [3.63, 3.8) is 0 Å². The second-order valence-electron chi connectivity index (χ2n) is 4.09. The number of methoxy groups -OCH3 is 1. The molecule has 0 radical (unpaired) electrons. The maximum atomic E-state index is 9.37. The summed E-state index contributed by atoms with van der Waals surface area (Å²) in [5, 5.41) is 9.37. The van der Waals surface area contributed by atoms with Crippen molar-refractivity contribution in [1.29, 1.82) is 0 Å². The standard InChI is InChI=1S/C14H22O2S/c1-3-17-8-7-13(11-15)9-12-5-4-6-14(10-12)16-2/h4-6,10,13,15H,3,7-9,11H2,1-2H3. The number of hydrogen-bond donors (Lipinski definition) is 1. The Kier molecular flexibility index (Phi) is 7.13. The van der Waals surface area contributed by atoms with E-state index >= 15 is 0 Å². The smallest absolute Gasteiger partial charge is 0.119 e. The Morgan fingerprint density at radius 2 is 2.24 bits per heavy atom. The fourth-order valence-corrected chi connectivity index (χ4v) is 2.57. The zero-order valence-electron chi connectivity index (χ0n) is 10.7. The molecule has 0 heterocycles. The molecule has 0 spiro atoms. The summed E-state index contributed by atoms with van der Waals surface area (Å²) in [5.74, 6) is 3.53. The van der Waals surface area contributed by atoms with Gasteiger partial charge in [-0.1, -0.05) is 19.1 Å². The van der Waals surface area contributed by atoms with E-state index in [-0.39, 0.29) is 6.61 Å². The Labute approximate surface area is 108 Å². The van der Waals surface area contributed by atoms with Crippen molar-refractivity contribution < 1.29 is 9.84 Å². The van der Waals surface area contributed by atoms with Crippen LogP contribution in [0.1, 0.15) is 18.9 Å². The van der Waals surface area contributed by atoms with Gasteiger partial charge in [0.05, 0.1) is 7.11 Å². The summed E-state index contributed by atoms with van der Waals surface area (Å²) in [7, 11) is 1.68. The zero-order valence-corrected chi connectivity index (χ0v) is 11.5. The third-order valence-corrected chi connectivity index (χ3v) is 3.72. The Morgan fingerprint density at radius 3 is 2.88 bits per heavy atom. The first-order valence-corrected chi connectivity index (χ1v) is 7.27. The van der Waals surface area contributed by atoms with Crippen LogP contribution in [-0.4, -0.2) is 30.3 Å². The van der Waals surface area contributed by atoms with Crippen LogP contribution in [-0.2, 0) is 6.42 Å². The maximum absolute atomic E-state index is 9.37. The second-order valence-corrected chi connectivity index (χ2v) is 5.48. The van der Waals surface area contributed by atoms with Gasteiger partial charge >= 0.3 is 0 Å². The van der Waals surface area contributed by atoms with Gasteiger partial charge in [-0.2, -0.15) is 11.8 Å². The van der Waals surface area contributed by atoms with Crippen molar-refractivity contribution in [3.8, 4) is 5.75 Å². The van der Waals surface area contributed by atoms with Gasteiger partial charge in [0.15, 0.2) is 0 Å². The fourth-order valence-electron chi connectivity index (χ4n) is 1.79. The van der Waals surface area contributed by atoms with E-state index in [0.717, 1.165) is 30.1 Å². The molecule has 0 aliphatic heterocycles. The predicted octanol–water partition coefficient (Wildman–Crippen LogP) is 2.99. The van der Waals surface area contributed by atoms with E-state index in [1.165, 1.54) is 5.56 Å². The van der Waals surface area contributed by atoms with Gasteiger partial charge in [-0.05, 0) is 48.0 Å². The largest absolute Gasteiger partial charge is 0.497 e. The molecule has 0 aromatic heterocycles. The number of rotatable bonds is 8. The van der Waals surface area contributed by atoms with Gasteiger partial charge in [-0.25, -0.2) is 0 Å². The molecule has 0 aliphatic rings. The number of aliphatic hydroxyl groups is 1. The minimum absolute atomic E-state index is 0.265. The maximum Gasteiger partial charge on any atom is 0.119 e. The lowest BCUT2D eigenvalue weighted by atomic mass is 9.98. The van der Waals surface area contributed by atoms with Crippen molar-refractivity contribution in [2.75, 3.05) is 25.2 Å². The Bertz CT molecular complexity index is 315. The summed E-state index contributed by atoms with van der Waals surface area (Å²) in [6, 6.07) is 8.10. The summed E-state index contributed by atoms with van der Waals surface area (Å²) < 4.78 is 5.20. The number of aliphatic hydroxyl groups excluding tert-OH is 1. The average Bonchev–Trinajstić information content (AvgIpc) is 2.38. The van der Waals surface area contributed by atoms with Crippen LogP contribution in [0.5, 0.6) is 5.75 Å². The van der Waals surface area contributed by atoms with E-state index in [1.54, 1.807) is 7.11 Å². The Morgan fingerprint density at radius 1 is 1.41 bits per heavy atom. The monoisotopic (exact) mass is 254 g/mol. The van der Waals surface area contributed by atoms with Gasteiger partial charge in [0, 0.05) is 6.61 Å². The molecule has 0 fully saturated rings. The summed E-state index contributed by atoms with van der Waals surface area (Å²) in [6.07, 6.45) is 2.00. The van der Waals surface area contributed by atoms with Gasteiger partial charge in [-0.3, -0.25) is 0 Å². The quantitative estimate of drug-likeness (QED) is 0.723. The SMILES string of the molecule is CCSCCC(CO)Cc1cccc(OC)c1. The normalized spacial score (nSPS) is 12.4. The fraction of sp³-hybridized carbons (Fsp3) is 0.571. The molecule has 1 N–H and O–H groups in total. The highest BCUT2D eigenvalue weighted by Gasteiger charge is 2.09. The molecule has 1 aromatic carbocycles. The van der Waals surface area contributed by atoms with Crippen molar-refractivity contribution >= 4 is 11.8 Å². The highest BCUT2D eigenvalue weighted by atomic mass is 32.2. The molecule has 0 aliphatic carbocycles. The van der Waals surface area contributed by atoms with E-state index in [0.29, 0.717) is 5.92 Å². The van der Waals surface area contributed by atoms with Gasteiger partial charge in [0.2, 0.25) is 0 Å². The second kappa shape index (κ2) is 8.43. The summed E-state index contributed by atoms with van der Waals surface area (Å²) in [6.45, 7) is 2.43. The minimum Gasteiger partial charge on any atom is -0.497 e. The van der Waals surface area contributed by atoms with Crippen molar-refractivity contribution in [2.24, 2.45) is 5.92 Å². The Balaban J connectivity index is 2.48. The lowest BCUT2D eigenvalue weighted by Gasteiger charge is -2.14. The Hall–Kier alpha value is -0.670. The molecule has 1 rings (SSSR count). The first kappa shape index (κ1) is 14.4. The van der Waals surface area contributed by atoms with Crippen LogP contribution >= 0.6 is 11.8 Å². The first-order chi connectivity index (χ1) is 8.30. The molecule has 17 heavy (non-hydrogen) atoms. The molecule has 0 saturated carbocycles. The van der Waals surface area contributed by atoms with Crippen LogP contribution in [0.4, 0.5) is 0 Å². The molecular formula is C14H22O2S. The molecule has 1 aromatic rings. The van der Waals surface area contributed by atoms with Crippen LogP contribution in [0.3, 0.4) is 0 Å². The molecule has 96 valence electrons. The van der Waals surface area contributed by atoms with Crippen LogP contribution < -0.4 is 4.74 Å². The molecule has 0 saturated heterocycles. The van der Waals surface area contributed by atoms with Crippen molar-refractivity contribution in [2.45, 2.75) is 19.8 Å². The molecule has 2 nitrogen and oxygen atoms in total. The van der Waals surface area contributed by atoms with E-state index in [9.17, 15) is 5.11 Å². The molecule has 3 heteroatoms. The third kappa shape index (κ3) is 5.46. The van der Waals surface area contributed by atoms with E-state index < -0.39 is 0 Å². The summed E-state index contributed by atoms with van der Waals surface area (Å²) in [5.41, 5.74) is 1.24. The predicted molar refractivity (Wildman–Crippen MR) is 74.9 cm³/mol. The minimum atomic E-state index is 0.265. The molecule has 1 atom stereocenters. The van der Waals surface area contributed by atoms with Gasteiger partial charge in [0.1, 0.15) is 5.75 Å². The highest BCUT2D eigenvalue weighted by Crippen LogP contribution is 2.18. The van der Waals surface area contributed by atoms with Gasteiger partial charge < -0.3 is 9.84 Å². The lowest BCUT2D eigenvalue weighted by Crippen LogP contribution is -2.11. The topological polar surface area (TPSA) is 29.5 Å². The zero-order chi connectivity index (χ0) is 12.5. The third-order valence-electron chi connectivity index (χ3n) is 2.79. The van der Waals surface area contributed by atoms with Crippen LogP contribution in [0.2, 0.25) is 0 Å². The van der Waals surface area contributed by atoms with E-state index in [2.05, 4.69) is 19.1 Å². The number of ether oxygens (including phenoxy) is 1. The number of thioether (sulfide) groups is 1. The van der Waals surface area contributed by atoms with Crippen LogP contribution in [0.15, 0.2) is 24.3 Å². The average molecular weight is 254 g/mol. The number of benzene rings is 1. The molecule has 1 unspecified atom stereocenters. The van der Waals surface area contributed by atoms with Crippen molar-refractivity contribution in [1.82, 2.24) is 0 Å². The highest BCUT2D eigenvalue weighted by molar-refractivity contribution is 7.99. The van der Waals surface area contributed by atoms with Gasteiger partial charge in [0.25, 0.3) is 0 Å². The first-order valence-electron chi connectivity index (χ1n) is 6.11. The van der Waals surface area contributed by atoms with E-state index in [1.807, 2.05) is 23.9 Å². The molecule has 0 bridgehead atoms. The summed E-state index contributed by atoms with van der Waals surface area (Å²) in [4.78, 5) is 0. The molecular weight excluding hydrogens is 232 g/mol. The number of hydrogen-bond acceptors (Lipinski definition) is 3. The van der Waals surface area contributed by atoms with Crippen LogP contribution in [0.25, 0.3) is 0 Å². The van der Waals surface area contributed by atoms with Crippen LogP contribution in [0, 0.1) is 5.92 Å². The summed E-state index contributed by atoms with van der Waals surface area (Å²) >= 11 is 1.93. The lowest BCUT2D eigenvalue weighted by molar-refractivity contribution is 0.223. The molecule has 0 amide bonds. The van der Waals surface area contributed by atoms with Crippen molar-refractivity contribution in [3.05, 3.63) is 29.8 Å². The van der Waals surface area contributed by atoms with Gasteiger partial charge in [-0.15, -0.1) is 0 Å². The van der Waals surface area contributed by atoms with E-state index in [4.69, 9.17) is 4.74 Å².